The van der Waals surface area contributed by atoms with Crippen LogP contribution in [0.3, 0.4) is 0 Å². The molecule has 0 aliphatic carbocycles. The molecule has 2 heterocycles. The van der Waals surface area contributed by atoms with Crippen LogP contribution in [0.4, 0.5) is 4.79 Å². The smallest absolute Gasteiger partial charge is 0.358 e. The number of carboxylic acids is 1. The number of nitrogens with one attached hydrogen (secondary N) is 2. The van der Waals surface area contributed by atoms with Crippen LogP contribution in [0, 0.1) is 0 Å². The number of nitrogens with zero attached hydrogens (tertiary/aromatic N) is 3. The molecule has 2 atom stereocenters. The fraction of sp³-hybridized carbons (Fsp3) is 0.364. The van der Waals surface area contributed by atoms with Crippen LogP contribution in [0.15, 0.2) is 36.4 Å². The van der Waals surface area contributed by atoms with E-state index in [4.69, 9.17) is 5.11 Å². The molecule has 2 unspecified atom stereocenters. The summed E-state index contributed by atoms with van der Waals surface area (Å²) in [6.07, 6.45) is 3.03. The van der Waals surface area contributed by atoms with Gasteiger partial charge in [-0.1, -0.05) is 30.3 Å². The molecule has 1 aromatic rings. The summed E-state index contributed by atoms with van der Waals surface area (Å²) in [4.78, 5) is 73.2. The molecule has 12 nitrogen and oxygen atoms in total. The molecular weight excluding hydrogens is 446 g/mol. The lowest BCUT2D eigenvalue weighted by molar-refractivity contribution is -0.155. The van der Waals surface area contributed by atoms with Crippen molar-refractivity contribution in [1.82, 2.24) is 25.8 Å². The first kappa shape index (κ1) is 24.4. The Morgan fingerprint density at radius 1 is 1.15 bits per heavy atom. The number of fused-ring (bicyclic) bond motifs is 1. The van der Waals surface area contributed by atoms with Gasteiger partial charge in [0.05, 0.1) is 19.0 Å². The third kappa shape index (κ3) is 5.97. The Morgan fingerprint density at radius 2 is 1.88 bits per heavy atom. The van der Waals surface area contributed by atoms with E-state index in [9.17, 15) is 28.8 Å². The van der Waals surface area contributed by atoms with Gasteiger partial charge in [0.1, 0.15) is 12.3 Å². The van der Waals surface area contributed by atoms with Gasteiger partial charge in [0, 0.05) is 19.0 Å². The Hall–Kier alpha value is -4.22. The molecule has 0 aromatic heterocycles. The molecule has 5 amide bonds. The third-order valence-corrected chi connectivity index (χ3v) is 5.33. The second-order valence-electron chi connectivity index (χ2n) is 7.77. The highest BCUT2D eigenvalue weighted by Gasteiger charge is 2.44. The molecule has 0 bridgehead atoms. The second-order valence-corrected chi connectivity index (χ2v) is 7.77. The van der Waals surface area contributed by atoms with E-state index < -0.39 is 48.2 Å². The van der Waals surface area contributed by atoms with Crippen molar-refractivity contribution in [2.45, 2.75) is 37.8 Å². The van der Waals surface area contributed by atoms with E-state index in [0.29, 0.717) is 12.7 Å². The highest BCUT2D eigenvalue weighted by atomic mass is 16.4. The molecule has 2 aliphatic rings. The minimum absolute atomic E-state index is 0.0742. The van der Waals surface area contributed by atoms with Crippen molar-refractivity contribution in [3.05, 3.63) is 42.0 Å². The van der Waals surface area contributed by atoms with Gasteiger partial charge in [0.2, 0.25) is 11.8 Å². The lowest BCUT2D eigenvalue weighted by Crippen LogP contribution is -2.64. The van der Waals surface area contributed by atoms with Crippen LogP contribution in [0.5, 0.6) is 0 Å². The van der Waals surface area contributed by atoms with Crippen LogP contribution < -0.4 is 10.7 Å². The molecule has 3 N–H and O–H groups in total. The van der Waals surface area contributed by atoms with E-state index in [1.54, 1.807) is 18.2 Å². The van der Waals surface area contributed by atoms with Gasteiger partial charge in [-0.25, -0.2) is 19.8 Å². The first-order valence-electron chi connectivity index (χ1n) is 10.7. The molecule has 3 rings (SSSR count). The van der Waals surface area contributed by atoms with Gasteiger partial charge in [0.15, 0.2) is 0 Å². The molecule has 12 heteroatoms. The molecule has 0 spiro atoms. The predicted molar refractivity (Wildman–Crippen MR) is 117 cm³/mol. The maximum atomic E-state index is 13.3. The van der Waals surface area contributed by atoms with Gasteiger partial charge in [-0.05, 0) is 24.5 Å². The zero-order valence-electron chi connectivity index (χ0n) is 18.3. The number of carboxylic acid groups (broad SMARTS) is 1. The molecule has 2 saturated heterocycles. The van der Waals surface area contributed by atoms with Gasteiger partial charge < -0.3 is 15.2 Å². The number of hydrogen-bond acceptors (Lipinski definition) is 6. The number of benzene rings is 1. The number of carbonyl (C=O) groups excluding carboxylic acids is 5. The number of carbonyl (C=O) groups is 6. The van der Waals surface area contributed by atoms with Crippen LogP contribution in [0.25, 0.3) is 6.08 Å². The summed E-state index contributed by atoms with van der Waals surface area (Å²) in [6.45, 7) is 0.107. The van der Waals surface area contributed by atoms with Crippen LogP contribution in [-0.4, -0.2) is 81.3 Å². The van der Waals surface area contributed by atoms with Crippen LogP contribution >= 0.6 is 0 Å². The summed E-state index contributed by atoms with van der Waals surface area (Å²) in [7, 11) is 0. The van der Waals surface area contributed by atoms with E-state index in [1.807, 2.05) is 18.2 Å². The van der Waals surface area contributed by atoms with Crippen LogP contribution in [0.1, 0.15) is 31.2 Å². The summed E-state index contributed by atoms with van der Waals surface area (Å²) in [5.74, 6) is -3.04. The third-order valence-electron chi connectivity index (χ3n) is 5.33. The van der Waals surface area contributed by atoms with Gasteiger partial charge in [-0.15, -0.1) is 0 Å². The summed E-state index contributed by atoms with van der Waals surface area (Å²) in [5.41, 5.74) is 3.22. The normalized spacial score (nSPS) is 19.3. The summed E-state index contributed by atoms with van der Waals surface area (Å²) in [6, 6.07) is 5.83. The summed E-state index contributed by atoms with van der Waals surface area (Å²) < 4.78 is 0. The summed E-state index contributed by atoms with van der Waals surface area (Å²) in [5, 5.41) is 14.3. The molecule has 2 aliphatic heterocycles. The van der Waals surface area contributed by atoms with Crippen molar-refractivity contribution in [1.29, 1.82) is 0 Å². The molecule has 0 radical (unpaired) electrons. The fourth-order valence-corrected chi connectivity index (χ4v) is 3.72. The van der Waals surface area contributed by atoms with Crippen molar-refractivity contribution < 1.29 is 33.9 Å². The number of aliphatic carboxylic acids is 1. The van der Waals surface area contributed by atoms with E-state index >= 15 is 0 Å². The summed E-state index contributed by atoms with van der Waals surface area (Å²) >= 11 is 0. The SMILES string of the molecule is O=CC(CC(=O)O)NC(=O)C1CCCN2C(=O)CCN(NC(=O)/C=C/c3ccccc3)C(=O)N12. The number of aldehydes is 1. The van der Waals surface area contributed by atoms with Crippen molar-refractivity contribution in [2.75, 3.05) is 13.1 Å². The van der Waals surface area contributed by atoms with Gasteiger partial charge in [-0.3, -0.25) is 24.6 Å². The first-order valence-corrected chi connectivity index (χ1v) is 10.7. The lowest BCUT2D eigenvalue weighted by atomic mass is 10.1. The number of hydrogen-bond donors (Lipinski definition) is 3. The highest BCUT2D eigenvalue weighted by molar-refractivity contribution is 5.95. The Morgan fingerprint density at radius 3 is 2.56 bits per heavy atom. The monoisotopic (exact) mass is 471 g/mol. The molecular formula is C22H25N5O7. The predicted octanol–water partition coefficient (Wildman–Crippen LogP) is -0.0769. The van der Waals surface area contributed by atoms with Crippen LogP contribution in [-0.2, 0) is 24.0 Å². The highest BCUT2D eigenvalue weighted by Crippen LogP contribution is 2.23. The lowest BCUT2D eigenvalue weighted by Gasteiger charge is -2.42. The van der Waals surface area contributed by atoms with Gasteiger partial charge >= 0.3 is 12.0 Å². The average molecular weight is 471 g/mol. The molecule has 0 saturated carbocycles. The minimum atomic E-state index is -1.28. The zero-order valence-corrected chi connectivity index (χ0v) is 18.3. The van der Waals surface area contributed by atoms with E-state index in [2.05, 4.69) is 10.7 Å². The maximum Gasteiger partial charge on any atom is 0.358 e. The fourth-order valence-electron chi connectivity index (χ4n) is 3.72. The molecule has 2 fully saturated rings. The molecule has 1 aromatic carbocycles. The largest absolute Gasteiger partial charge is 0.481 e. The quantitative estimate of drug-likeness (QED) is 0.354. The number of urea groups is 1. The van der Waals surface area contributed by atoms with E-state index in [-0.39, 0.29) is 25.9 Å². The van der Waals surface area contributed by atoms with Crippen molar-refractivity contribution in [3.8, 4) is 0 Å². The molecule has 180 valence electrons. The number of rotatable bonds is 8. The molecule has 34 heavy (non-hydrogen) atoms. The van der Waals surface area contributed by atoms with Gasteiger partial charge in [-0.2, -0.15) is 0 Å². The van der Waals surface area contributed by atoms with Crippen molar-refractivity contribution in [3.63, 3.8) is 0 Å². The Bertz CT molecular complexity index is 997. The number of hydrazine groups is 2. The van der Waals surface area contributed by atoms with Gasteiger partial charge in [0.25, 0.3) is 5.91 Å². The maximum absolute atomic E-state index is 13.3. The second kappa shape index (κ2) is 11.1. The Balaban J connectivity index is 1.75. The average Bonchev–Trinajstić information content (AvgIpc) is 2.94. The zero-order chi connectivity index (χ0) is 24.7. The Kier molecular flexibility index (Phi) is 7.96. The van der Waals surface area contributed by atoms with E-state index in [1.165, 1.54) is 6.08 Å². The van der Waals surface area contributed by atoms with Crippen molar-refractivity contribution >= 4 is 42.1 Å². The topological polar surface area (TPSA) is 156 Å². The Labute approximate surface area is 195 Å². The number of amides is 5. The van der Waals surface area contributed by atoms with Crippen molar-refractivity contribution in [2.24, 2.45) is 0 Å². The van der Waals surface area contributed by atoms with E-state index in [0.717, 1.165) is 20.6 Å². The van der Waals surface area contributed by atoms with Crippen LogP contribution in [0.2, 0.25) is 0 Å². The minimum Gasteiger partial charge on any atom is -0.481 e. The first-order chi connectivity index (χ1) is 16.3. The standard InChI is InChI=1S/C22H25N5O7/c28-14-16(13-20(31)32)23-21(33)17-7-4-11-26-19(30)10-12-25(22(34)27(17)26)24-18(29)9-8-15-5-2-1-3-6-15/h1-3,5-6,8-9,14,16-17H,4,7,10-13H2,(H,23,33)(H,24,29)(H,31,32)/b9-8+.